The largest absolute Gasteiger partial charge is 0.365 e. The Balaban J connectivity index is 2.07. The Morgan fingerprint density at radius 1 is 0.889 bits per heavy atom. The molecule has 0 bridgehead atoms. The molecule has 0 N–H and O–H groups in total. The average Bonchev–Trinajstić information content (AvgIpc) is 3.06. The maximum atomic E-state index is 6.47. The van der Waals surface area contributed by atoms with Crippen molar-refractivity contribution >= 4 is 11.0 Å². The molecule has 2 aromatic carbocycles. The first kappa shape index (κ1) is 19.6. The maximum absolute atomic E-state index is 6.47. The fourth-order valence-electron chi connectivity index (χ4n) is 3.25. The summed E-state index contributed by atoms with van der Waals surface area (Å²) in [5.74, 6) is 2.14. The van der Waals surface area contributed by atoms with E-state index in [1.807, 2.05) is 0 Å². The Morgan fingerprint density at radius 3 is 2.26 bits per heavy atom. The minimum atomic E-state index is -0.142. The topological polar surface area (TPSA) is 27.1 Å². The van der Waals surface area contributed by atoms with E-state index in [-0.39, 0.29) is 6.10 Å². The van der Waals surface area contributed by atoms with Gasteiger partial charge in [0.15, 0.2) is 0 Å². The van der Waals surface area contributed by atoms with Crippen molar-refractivity contribution in [3.8, 4) is 0 Å². The summed E-state index contributed by atoms with van der Waals surface area (Å²) in [5.41, 5.74) is 3.41. The van der Waals surface area contributed by atoms with Crippen LogP contribution in [0.4, 0.5) is 0 Å². The first-order valence-corrected chi connectivity index (χ1v) is 10.3. The van der Waals surface area contributed by atoms with E-state index >= 15 is 0 Å². The van der Waals surface area contributed by atoms with Gasteiger partial charge in [0.25, 0.3) is 0 Å². The molecule has 3 unspecified atom stereocenters. The number of benzene rings is 2. The zero-order valence-corrected chi connectivity index (χ0v) is 17.1. The summed E-state index contributed by atoms with van der Waals surface area (Å²) in [5, 5.41) is 0. The van der Waals surface area contributed by atoms with Crippen molar-refractivity contribution in [3.05, 3.63) is 66.0 Å². The molecule has 0 radical (unpaired) electrons. The fraction of sp³-hybridized carbons (Fsp3) is 0.458. The van der Waals surface area contributed by atoms with Crippen molar-refractivity contribution in [2.45, 2.75) is 53.2 Å². The van der Waals surface area contributed by atoms with Crippen LogP contribution in [-0.4, -0.2) is 16.2 Å². The third-order valence-corrected chi connectivity index (χ3v) is 5.46. The minimum absolute atomic E-state index is 0.142. The van der Waals surface area contributed by atoms with Gasteiger partial charge in [0.1, 0.15) is 11.9 Å². The number of rotatable bonds is 9. The van der Waals surface area contributed by atoms with Crippen LogP contribution in [0.5, 0.6) is 0 Å². The van der Waals surface area contributed by atoms with Gasteiger partial charge < -0.3 is 9.30 Å². The van der Waals surface area contributed by atoms with Crippen LogP contribution in [-0.2, 0) is 11.3 Å². The van der Waals surface area contributed by atoms with Crippen molar-refractivity contribution in [3.63, 3.8) is 0 Å². The van der Waals surface area contributed by atoms with Crippen molar-refractivity contribution in [1.29, 1.82) is 0 Å². The Bertz CT molecular complexity index is 840. The highest BCUT2D eigenvalue weighted by Gasteiger charge is 2.24. The molecule has 144 valence electrons. The number of nitrogens with zero attached hydrogens (tertiary/aromatic N) is 2. The molecule has 1 aromatic heterocycles. The lowest BCUT2D eigenvalue weighted by Crippen LogP contribution is -2.18. The van der Waals surface area contributed by atoms with Gasteiger partial charge in [-0.1, -0.05) is 83.0 Å². The average molecular weight is 365 g/mol. The lowest BCUT2D eigenvalue weighted by Gasteiger charge is -2.22. The number of hydrogen-bond acceptors (Lipinski definition) is 2. The second-order valence-corrected chi connectivity index (χ2v) is 7.72. The normalized spacial score (nSPS) is 15.0. The third kappa shape index (κ3) is 4.59. The molecule has 0 saturated heterocycles. The van der Waals surface area contributed by atoms with E-state index in [1.165, 1.54) is 11.1 Å². The van der Waals surface area contributed by atoms with Crippen LogP contribution in [0.3, 0.4) is 0 Å². The van der Waals surface area contributed by atoms with E-state index in [0.29, 0.717) is 11.8 Å². The first-order valence-electron chi connectivity index (χ1n) is 10.3. The molecule has 27 heavy (non-hydrogen) atoms. The molecule has 3 aromatic rings. The van der Waals surface area contributed by atoms with E-state index in [4.69, 9.17) is 9.72 Å². The van der Waals surface area contributed by atoms with Gasteiger partial charge in [-0.3, -0.25) is 0 Å². The fourth-order valence-corrected chi connectivity index (χ4v) is 3.25. The maximum Gasteiger partial charge on any atom is 0.143 e. The van der Waals surface area contributed by atoms with Crippen molar-refractivity contribution in [1.82, 2.24) is 9.55 Å². The SMILES string of the molecule is CCC(C)COC(c1ccccc1)c1nc2ccccc2n1CC(C)CC. The number of hydrogen-bond donors (Lipinski definition) is 0. The van der Waals surface area contributed by atoms with Crippen LogP contribution in [0, 0.1) is 11.8 Å². The molecular formula is C24H32N2O. The zero-order valence-electron chi connectivity index (χ0n) is 17.1. The summed E-state index contributed by atoms with van der Waals surface area (Å²) >= 11 is 0. The van der Waals surface area contributed by atoms with Crippen LogP contribution < -0.4 is 0 Å². The highest BCUT2D eigenvalue weighted by Crippen LogP contribution is 2.30. The van der Waals surface area contributed by atoms with Gasteiger partial charge >= 0.3 is 0 Å². The van der Waals surface area contributed by atoms with Gasteiger partial charge in [-0.2, -0.15) is 0 Å². The quantitative estimate of drug-likeness (QED) is 0.450. The molecule has 0 aliphatic heterocycles. The molecule has 0 saturated carbocycles. The highest BCUT2D eigenvalue weighted by molar-refractivity contribution is 5.76. The second kappa shape index (κ2) is 9.18. The number of imidazole rings is 1. The summed E-state index contributed by atoms with van der Waals surface area (Å²) in [7, 11) is 0. The summed E-state index contributed by atoms with van der Waals surface area (Å²) in [6.45, 7) is 10.7. The van der Waals surface area contributed by atoms with Crippen LogP contribution in [0.25, 0.3) is 11.0 Å². The molecule has 3 heteroatoms. The van der Waals surface area contributed by atoms with Gasteiger partial charge in [0.05, 0.1) is 17.6 Å². The molecule has 0 spiro atoms. The molecule has 0 aliphatic carbocycles. The molecule has 3 atom stereocenters. The molecule has 0 fully saturated rings. The highest BCUT2D eigenvalue weighted by atomic mass is 16.5. The smallest absolute Gasteiger partial charge is 0.143 e. The van der Waals surface area contributed by atoms with E-state index in [0.717, 1.165) is 37.3 Å². The van der Waals surface area contributed by atoms with Crippen molar-refractivity contribution < 1.29 is 4.74 Å². The summed E-state index contributed by atoms with van der Waals surface area (Å²) in [4.78, 5) is 5.02. The standard InChI is InChI=1S/C24H32N2O/c1-5-18(3)16-26-22-15-11-10-14-21(22)25-24(26)23(27-17-19(4)6-2)20-12-8-7-9-13-20/h7-15,18-19,23H,5-6,16-17H2,1-4H3. The van der Waals surface area contributed by atoms with Crippen LogP contribution in [0.15, 0.2) is 54.6 Å². The molecular weight excluding hydrogens is 332 g/mol. The van der Waals surface area contributed by atoms with Crippen LogP contribution in [0.1, 0.15) is 58.0 Å². The summed E-state index contributed by atoms with van der Waals surface area (Å²) < 4.78 is 8.84. The van der Waals surface area contributed by atoms with Crippen molar-refractivity contribution in [2.24, 2.45) is 11.8 Å². The van der Waals surface area contributed by atoms with Crippen molar-refractivity contribution in [2.75, 3.05) is 6.61 Å². The Morgan fingerprint density at radius 2 is 1.56 bits per heavy atom. The van der Waals surface area contributed by atoms with Gasteiger partial charge in [0, 0.05) is 6.54 Å². The number of para-hydroxylation sites is 2. The number of aromatic nitrogens is 2. The summed E-state index contributed by atoms with van der Waals surface area (Å²) in [6.07, 6.45) is 2.12. The van der Waals surface area contributed by atoms with Gasteiger partial charge in [0.2, 0.25) is 0 Å². The lowest BCUT2D eigenvalue weighted by molar-refractivity contribution is 0.0480. The minimum Gasteiger partial charge on any atom is -0.365 e. The molecule has 3 rings (SSSR count). The molecule has 0 aliphatic rings. The predicted molar refractivity (Wildman–Crippen MR) is 113 cm³/mol. The Hall–Kier alpha value is -2.13. The third-order valence-electron chi connectivity index (χ3n) is 5.46. The van der Waals surface area contributed by atoms with E-state index in [1.54, 1.807) is 0 Å². The molecule has 0 amide bonds. The van der Waals surface area contributed by atoms with E-state index in [9.17, 15) is 0 Å². The van der Waals surface area contributed by atoms with Crippen LogP contribution >= 0.6 is 0 Å². The monoisotopic (exact) mass is 364 g/mol. The Kier molecular flexibility index (Phi) is 6.68. The summed E-state index contributed by atoms with van der Waals surface area (Å²) in [6, 6.07) is 18.9. The lowest BCUT2D eigenvalue weighted by atomic mass is 10.1. The molecule has 3 nitrogen and oxygen atoms in total. The predicted octanol–water partition coefficient (Wildman–Crippen LogP) is 6.23. The Labute approximate surface area is 163 Å². The molecule has 1 heterocycles. The van der Waals surface area contributed by atoms with Gasteiger partial charge in [-0.25, -0.2) is 4.98 Å². The first-order chi connectivity index (χ1) is 13.1. The van der Waals surface area contributed by atoms with Crippen LogP contribution in [0.2, 0.25) is 0 Å². The number of ether oxygens (including phenoxy) is 1. The van der Waals surface area contributed by atoms with E-state index in [2.05, 4.69) is 86.9 Å². The van der Waals surface area contributed by atoms with Gasteiger partial charge in [-0.15, -0.1) is 0 Å². The second-order valence-electron chi connectivity index (χ2n) is 7.72. The van der Waals surface area contributed by atoms with E-state index < -0.39 is 0 Å². The van der Waals surface area contributed by atoms with Gasteiger partial charge in [-0.05, 0) is 29.5 Å². The zero-order chi connectivity index (χ0) is 19.2. The number of fused-ring (bicyclic) bond motifs is 1.